The van der Waals surface area contributed by atoms with Crippen molar-refractivity contribution >= 4 is 0 Å². The zero-order chi connectivity index (χ0) is 11.2. The molecule has 0 aliphatic heterocycles. The van der Waals surface area contributed by atoms with Gasteiger partial charge in [-0.3, -0.25) is 0 Å². The summed E-state index contributed by atoms with van der Waals surface area (Å²) in [6, 6.07) is 0. The normalized spacial score (nSPS) is 16.4. The lowest BCUT2D eigenvalue weighted by atomic mass is 10.3. The fourth-order valence-corrected chi connectivity index (χ4v) is 0.862. The molecule has 2 nitrogen and oxygen atoms in total. The summed E-state index contributed by atoms with van der Waals surface area (Å²) in [5.41, 5.74) is 0. The Morgan fingerprint density at radius 3 is 2.43 bits per heavy atom. The lowest BCUT2D eigenvalue weighted by Gasteiger charge is -2.21. The van der Waals surface area contributed by atoms with Crippen molar-refractivity contribution in [2.24, 2.45) is 0 Å². The van der Waals surface area contributed by atoms with Gasteiger partial charge in [0.25, 0.3) is 0 Å². The van der Waals surface area contributed by atoms with Crippen LogP contribution in [-0.2, 0) is 4.74 Å². The summed E-state index contributed by atoms with van der Waals surface area (Å²) in [5.74, 6) is 0. The summed E-state index contributed by atoms with van der Waals surface area (Å²) in [7, 11) is 0. The van der Waals surface area contributed by atoms with Gasteiger partial charge in [0.1, 0.15) is 0 Å². The molecule has 0 aromatic carbocycles. The Morgan fingerprint density at radius 1 is 1.43 bits per heavy atom. The second-order valence-corrected chi connectivity index (χ2v) is 3.08. The summed E-state index contributed by atoms with van der Waals surface area (Å²) >= 11 is 0. The van der Waals surface area contributed by atoms with Crippen LogP contribution in [0.4, 0.5) is 13.2 Å². The van der Waals surface area contributed by atoms with Crippen LogP contribution in [0.5, 0.6) is 0 Å². The predicted octanol–water partition coefficient (Wildman–Crippen LogP) is 2.12. The summed E-state index contributed by atoms with van der Waals surface area (Å²) in [6.07, 6.45) is -4.83. The SMILES string of the molecule is C=CCNCC(C)OC(C)C(F)(F)F. The smallest absolute Gasteiger partial charge is 0.365 e. The van der Waals surface area contributed by atoms with Crippen molar-refractivity contribution in [1.29, 1.82) is 0 Å². The standard InChI is InChI=1S/C9H16F3NO/c1-4-5-13-6-7(2)14-8(3)9(10,11)12/h4,7-8,13H,1,5-6H2,2-3H3. The van der Waals surface area contributed by atoms with Crippen LogP contribution in [0, 0.1) is 0 Å². The maximum atomic E-state index is 12.0. The van der Waals surface area contributed by atoms with Crippen LogP contribution in [0.1, 0.15) is 13.8 Å². The largest absolute Gasteiger partial charge is 0.414 e. The van der Waals surface area contributed by atoms with Crippen molar-refractivity contribution in [1.82, 2.24) is 5.32 Å². The minimum absolute atomic E-state index is 0.381. The van der Waals surface area contributed by atoms with E-state index in [1.54, 1.807) is 13.0 Å². The maximum Gasteiger partial charge on any atom is 0.414 e. The topological polar surface area (TPSA) is 21.3 Å². The number of nitrogens with one attached hydrogen (secondary N) is 1. The molecule has 84 valence electrons. The van der Waals surface area contributed by atoms with E-state index in [0.717, 1.165) is 6.92 Å². The molecule has 0 aromatic rings. The molecular weight excluding hydrogens is 195 g/mol. The van der Waals surface area contributed by atoms with Gasteiger partial charge in [-0.1, -0.05) is 6.08 Å². The van der Waals surface area contributed by atoms with E-state index >= 15 is 0 Å². The quantitative estimate of drug-likeness (QED) is 0.536. The Hall–Kier alpha value is -0.550. The van der Waals surface area contributed by atoms with Gasteiger partial charge in [0.05, 0.1) is 6.10 Å². The van der Waals surface area contributed by atoms with Crippen molar-refractivity contribution in [3.63, 3.8) is 0 Å². The summed E-state index contributed by atoms with van der Waals surface area (Å²) in [5, 5.41) is 2.88. The second kappa shape index (κ2) is 6.03. The first kappa shape index (κ1) is 13.4. The highest BCUT2D eigenvalue weighted by Gasteiger charge is 2.37. The zero-order valence-electron chi connectivity index (χ0n) is 8.40. The Morgan fingerprint density at radius 2 is 2.00 bits per heavy atom. The third-order valence-electron chi connectivity index (χ3n) is 1.62. The van der Waals surface area contributed by atoms with Crippen LogP contribution < -0.4 is 5.32 Å². The number of alkyl halides is 3. The Kier molecular flexibility index (Phi) is 5.79. The van der Waals surface area contributed by atoms with Gasteiger partial charge in [0, 0.05) is 13.1 Å². The van der Waals surface area contributed by atoms with Crippen LogP contribution in [0.25, 0.3) is 0 Å². The molecule has 0 heterocycles. The van der Waals surface area contributed by atoms with E-state index < -0.39 is 18.4 Å². The lowest BCUT2D eigenvalue weighted by Crippen LogP contribution is -2.36. The molecule has 2 unspecified atom stereocenters. The number of rotatable bonds is 6. The summed E-state index contributed by atoms with van der Waals surface area (Å²) in [4.78, 5) is 0. The van der Waals surface area contributed by atoms with Crippen LogP contribution in [0.3, 0.4) is 0 Å². The number of ether oxygens (including phenoxy) is 1. The first-order valence-electron chi connectivity index (χ1n) is 4.41. The molecule has 0 aliphatic carbocycles. The van der Waals surface area contributed by atoms with Crippen molar-refractivity contribution in [2.45, 2.75) is 32.2 Å². The molecule has 14 heavy (non-hydrogen) atoms. The van der Waals surface area contributed by atoms with Gasteiger partial charge in [-0.05, 0) is 13.8 Å². The predicted molar refractivity (Wildman–Crippen MR) is 49.1 cm³/mol. The first-order chi connectivity index (χ1) is 6.38. The first-order valence-corrected chi connectivity index (χ1v) is 4.41. The molecule has 0 aliphatic rings. The van der Waals surface area contributed by atoms with E-state index in [1.165, 1.54) is 0 Å². The van der Waals surface area contributed by atoms with E-state index in [-0.39, 0.29) is 0 Å². The van der Waals surface area contributed by atoms with E-state index in [9.17, 15) is 13.2 Å². The monoisotopic (exact) mass is 211 g/mol. The summed E-state index contributed by atoms with van der Waals surface area (Å²) < 4.78 is 40.8. The molecule has 0 amide bonds. The van der Waals surface area contributed by atoms with Crippen molar-refractivity contribution in [3.05, 3.63) is 12.7 Å². The van der Waals surface area contributed by atoms with Gasteiger partial charge in [-0.15, -0.1) is 6.58 Å². The minimum Gasteiger partial charge on any atom is -0.365 e. The van der Waals surface area contributed by atoms with Crippen molar-refractivity contribution < 1.29 is 17.9 Å². The maximum absolute atomic E-state index is 12.0. The van der Waals surface area contributed by atoms with Gasteiger partial charge >= 0.3 is 6.18 Å². The van der Waals surface area contributed by atoms with Gasteiger partial charge in [0.2, 0.25) is 0 Å². The fourth-order valence-electron chi connectivity index (χ4n) is 0.862. The molecule has 2 atom stereocenters. The van der Waals surface area contributed by atoms with E-state index in [4.69, 9.17) is 4.74 Å². The van der Waals surface area contributed by atoms with Crippen LogP contribution >= 0.6 is 0 Å². The van der Waals surface area contributed by atoms with Gasteiger partial charge < -0.3 is 10.1 Å². The number of hydrogen-bond donors (Lipinski definition) is 1. The molecule has 0 rings (SSSR count). The molecule has 0 radical (unpaired) electrons. The van der Waals surface area contributed by atoms with E-state index in [0.29, 0.717) is 13.1 Å². The van der Waals surface area contributed by atoms with E-state index in [1.807, 2.05) is 0 Å². The molecule has 0 bridgehead atoms. The Balaban J connectivity index is 3.71. The highest BCUT2D eigenvalue weighted by atomic mass is 19.4. The molecule has 0 fully saturated rings. The molecular formula is C9H16F3NO. The average molecular weight is 211 g/mol. The van der Waals surface area contributed by atoms with Crippen LogP contribution in [0.15, 0.2) is 12.7 Å². The molecule has 0 saturated heterocycles. The molecule has 0 spiro atoms. The van der Waals surface area contributed by atoms with Gasteiger partial charge in [-0.2, -0.15) is 13.2 Å². The van der Waals surface area contributed by atoms with Crippen molar-refractivity contribution in [3.8, 4) is 0 Å². The third kappa shape index (κ3) is 5.99. The molecule has 5 heteroatoms. The minimum atomic E-state index is -4.29. The van der Waals surface area contributed by atoms with Crippen LogP contribution in [-0.4, -0.2) is 31.5 Å². The second-order valence-electron chi connectivity index (χ2n) is 3.08. The average Bonchev–Trinajstić information content (AvgIpc) is 2.03. The fraction of sp³-hybridized carbons (Fsp3) is 0.778. The van der Waals surface area contributed by atoms with Crippen LogP contribution in [0.2, 0.25) is 0 Å². The molecule has 0 aromatic heterocycles. The van der Waals surface area contributed by atoms with Gasteiger partial charge in [0.15, 0.2) is 6.10 Å². The Bertz CT molecular complexity index is 170. The zero-order valence-corrected chi connectivity index (χ0v) is 8.40. The van der Waals surface area contributed by atoms with Gasteiger partial charge in [-0.25, -0.2) is 0 Å². The highest BCUT2D eigenvalue weighted by Crippen LogP contribution is 2.23. The molecule has 1 N–H and O–H groups in total. The Labute approximate surface area is 82.1 Å². The van der Waals surface area contributed by atoms with E-state index in [2.05, 4.69) is 11.9 Å². The number of halogens is 3. The highest BCUT2D eigenvalue weighted by molar-refractivity contribution is 4.71. The van der Waals surface area contributed by atoms with Crippen molar-refractivity contribution in [2.75, 3.05) is 13.1 Å². The third-order valence-corrected chi connectivity index (χ3v) is 1.62. The number of hydrogen-bond acceptors (Lipinski definition) is 2. The summed E-state index contributed by atoms with van der Waals surface area (Å²) in [6.45, 7) is 7.02. The lowest BCUT2D eigenvalue weighted by molar-refractivity contribution is -0.224. The molecule has 0 saturated carbocycles.